The number of benzene rings is 1. The summed E-state index contributed by atoms with van der Waals surface area (Å²) in [6, 6.07) is 5.95. The fourth-order valence-corrected chi connectivity index (χ4v) is 1.28. The Balaban J connectivity index is 0.00000128. The van der Waals surface area contributed by atoms with Gasteiger partial charge in [0.25, 0.3) is 0 Å². The van der Waals surface area contributed by atoms with Gasteiger partial charge in [-0.1, -0.05) is 12.1 Å². The van der Waals surface area contributed by atoms with E-state index in [9.17, 15) is 14.7 Å². The summed E-state index contributed by atoms with van der Waals surface area (Å²) in [6.45, 7) is 0. The molecule has 1 fully saturated rings. The molecule has 0 aliphatic heterocycles. The van der Waals surface area contributed by atoms with Crippen molar-refractivity contribution in [3.8, 4) is 0 Å². The van der Waals surface area contributed by atoms with Gasteiger partial charge in [0, 0.05) is 11.6 Å². The number of carbonyl (C=O) groups is 2. The summed E-state index contributed by atoms with van der Waals surface area (Å²) >= 11 is 0. The van der Waals surface area contributed by atoms with Crippen LogP contribution in [0, 0.1) is 5.92 Å². The van der Waals surface area contributed by atoms with Gasteiger partial charge >= 0.3 is 29.6 Å². The maximum Gasteiger partial charge on any atom is 1.00 e. The van der Waals surface area contributed by atoms with Crippen molar-refractivity contribution in [2.24, 2.45) is 5.92 Å². The van der Waals surface area contributed by atoms with Gasteiger partial charge in [-0.3, -0.25) is 4.79 Å². The van der Waals surface area contributed by atoms with Crippen LogP contribution in [0.3, 0.4) is 0 Å². The molecule has 0 aromatic heterocycles. The SMILES string of the molecule is O=C([O-])c1ccc(NC(=O)C2CC2)cc1.[Na+]. The summed E-state index contributed by atoms with van der Waals surface area (Å²) in [7, 11) is 0. The van der Waals surface area contributed by atoms with Gasteiger partial charge in [-0.2, -0.15) is 0 Å². The van der Waals surface area contributed by atoms with Gasteiger partial charge in [0.1, 0.15) is 0 Å². The fraction of sp³-hybridized carbons (Fsp3) is 0.273. The Morgan fingerprint density at radius 2 is 1.75 bits per heavy atom. The zero-order valence-corrected chi connectivity index (χ0v) is 11.0. The van der Waals surface area contributed by atoms with Gasteiger partial charge < -0.3 is 15.2 Å². The predicted molar refractivity (Wildman–Crippen MR) is 52.1 cm³/mol. The Hall–Kier alpha value is -0.840. The van der Waals surface area contributed by atoms with Gasteiger partial charge in [0.15, 0.2) is 0 Å². The number of amides is 1. The third-order valence-corrected chi connectivity index (χ3v) is 2.34. The summed E-state index contributed by atoms with van der Waals surface area (Å²) < 4.78 is 0. The van der Waals surface area contributed by atoms with E-state index in [-0.39, 0.29) is 46.9 Å². The Kier molecular flexibility index (Phi) is 4.53. The molecule has 1 aromatic rings. The topological polar surface area (TPSA) is 69.2 Å². The number of aromatic carboxylic acids is 1. The second-order valence-corrected chi connectivity index (χ2v) is 3.63. The summed E-state index contributed by atoms with van der Waals surface area (Å²) in [5.41, 5.74) is 0.733. The molecule has 1 aromatic carbocycles. The van der Waals surface area contributed by atoms with Crippen LogP contribution in [0.15, 0.2) is 24.3 Å². The number of rotatable bonds is 3. The molecule has 78 valence electrons. The number of hydrogen-bond acceptors (Lipinski definition) is 3. The van der Waals surface area contributed by atoms with Crippen molar-refractivity contribution in [3.63, 3.8) is 0 Å². The molecule has 0 heterocycles. The van der Waals surface area contributed by atoms with Crippen LogP contribution in [0.1, 0.15) is 23.2 Å². The molecular formula is C11H10NNaO3. The molecule has 0 atom stereocenters. The van der Waals surface area contributed by atoms with Crippen molar-refractivity contribution >= 4 is 17.6 Å². The molecule has 0 saturated heterocycles. The summed E-state index contributed by atoms with van der Waals surface area (Å²) in [4.78, 5) is 21.8. The molecule has 1 amide bonds. The van der Waals surface area contributed by atoms with Gasteiger partial charge in [0.05, 0.1) is 5.97 Å². The van der Waals surface area contributed by atoms with Crippen molar-refractivity contribution in [3.05, 3.63) is 29.8 Å². The second kappa shape index (κ2) is 5.48. The van der Waals surface area contributed by atoms with E-state index in [1.54, 1.807) is 12.1 Å². The number of carboxylic acid groups (broad SMARTS) is 1. The molecule has 1 aliphatic rings. The molecule has 2 rings (SSSR count). The molecule has 5 heteroatoms. The molecular weight excluding hydrogens is 217 g/mol. The quantitative estimate of drug-likeness (QED) is 0.576. The average molecular weight is 227 g/mol. The minimum Gasteiger partial charge on any atom is -0.545 e. The minimum absolute atomic E-state index is 0. The maximum atomic E-state index is 11.4. The Morgan fingerprint density at radius 1 is 1.19 bits per heavy atom. The monoisotopic (exact) mass is 227 g/mol. The first-order chi connectivity index (χ1) is 7.16. The van der Waals surface area contributed by atoms with Crippen LogP contribution in [-0.2, 0) is 4.79 Å². The summed E-state index contributed by atoms with van der Waals surface area (Å²) in [5.74, 6) is -1.06. The Bertz CT molecular complexity index is 398. The van der Waals surface area contributed by atoms with E-state index in [1.165, 1.54) is 12.1 Å². The summed E-state index contributed by atoms with van der Waals surface area (Å²) in [6.07, 6.45) is 1.89. The van der Waals surface area contributed by atoms with Crippen molar-refractivity contribution < 1.29 is 44.3 Å². The molecule has 0 unspecified atom stereocenters. The number of anilines is 1. The smallest absolute Gasteiger partial charge is 0.545 e. The fourth-order valence-electron chi connectivity index (χ4n) is 1.28. The first-order valence-electron chi connectivity index (χ1n) is 4.79. The third-order valence-electron chi connectivity index (χ3n) is 2.34. The van der Waals surface area contributed by atoms with Gasteiger partial charge in [-0.25, -0.2) is 0 Å². The number of hydrogen-bond donors (Lipinski definition) is 1. The van der Waals surface area contributed by atoms with E-state index in [1.807, 2.05) is 0 Å². The number of nitrogens with one attached hydrogen (secondary N) is 1. The predicted octanol–water partition coefficient (Wildman–Crippen LogP) is -2.60. The van der Waals surface area contributed by atoms with Crippen LogP contribution in [0.4, 0.5) is 5.69 Å². The standard InChI is InChI=1S/C11H11NO3.Na/c13-10(7-1-2-7)12-9-5-3-8(4-6-9)11(14)15;/h3-7H,1-2H2,(H,12,13)(H,14,15);/q;+1/p-1. The maximum absolute atomic E-state index is 11.4. The molecule has 16 heavy (non-hydrogen) atoms. The van der Waals surface area contributed by atoms with Gasteiger partial charge in [-0.05, 0) is 30.5 Å². The second-order valence-electron chi connectivity index (χ2n) is 3.63. The van der Waals surface area contributed by atoms with Crippen LogP contribution in [0.5, 0.6) is 0 Å². The minimum atomic E-state index is -1.21. The molecule has 1 N–H and O–H groups in total. The number of carboxylic acids is 1. The van der Waals surface area contributed by atoms with Crippen molar-refractivity contribution in [2.75, 3.05) is 5.32 Å². The van der Waals surface area contributed by atoms with Gasteiger partial charge in [-0.15, -0.1) is 0 Å². The Labute approximate surface area is 115 Å². The molecule has 1 saturated carbocycles. The largest absolute Gasteiger partial charge is 1.00 e. The average Bonchev–Trinajstić information content (AvgIpc) is 3.01. The normalized spacial score (nSPS) is 13.8. The van der Waals surface area contributed by atoms with E-state index in [0.29, 0.717) is 5.69 Å². The van der Waals surface area contributed by atoms with Crippen molar-refractivity contribution in [1.82, 2.24) is 0 Å². The molecule has 0 spiro atoms. The van der Waals surface area contributed by atoms with Crippen LogP contribution in [0.2, 0.25) is 0 Å². The van der Waals surface area contributed by atoms with Crippen LogP contribution >= 0.6 is 0 Å². The molecule has 0 radical (unpaired) electrons. The van der Waals surface area contributed by atoms with E-state index < -0.39 is 5.97 Å². The summed E-state index contributed by atoms with van der Waals surface area (Å²) in [5, 5.41) is 13.2. The molecule has 1 aliphatic carbocycles. The van der Waals surface area contributed by atoms with Crippen molar-refractivity contribution in [2.45, 2.75) is 12.8 Å². The van der Waals surface area contributed by atoms with E-state index in [2.05, 4.69) is 5.32 Å². The van der Waals surface area contributed by atoms with E-state index in [4.69, 9.17) is 0 Å². The third kappa shape index (κ3) is 3.33. The van der Waals surface area contributed by atoms with Gasteiger partial charge in [0.2, 0.25) is 5.91 Å². The molecule has 0 bridgehead atoms. The zero-order chi connectivity index (χ0) is 10.8. The first kappa shape index (κ1) is 13.2. The van der Waals surface area contributed by atoms with E-state index in [0.717, 1.165) is 12.8 Å². The van der Waals surface area contributed by atoms with Crippen LogP contribution in [0.25, 0.3) is 0 Å². The van der Waals surface area contributed by atoms with Crippen LogP contribution in [-0.4, -0.2) is 11.9 Å². The van der Waals surface area contributed by atoms with Crippen LogP contribution < -0.4 is 40.0 Å². The zero-order valence-electron chi connectivity index (χ0n) is 9.03. The first-order valence-corrected chi connectivity index (χ1v) is 4.79. The Morgan fingerprint density at radius 3 is 2.19 bits per heavy atom. The number of carbonyl (C=O) groups excluding carboxylic acids is 2. The van der Waals surface area contributed by atoms with Crippen molar-refractivity contribution in [1.29, 1.82) is 0 Å². The van der Waals surface area contributed by atoms with E-state index >= 15 is 0 Å². The molecule has 4 nitrogen and oxygen atoms in total.